The van der Waals surface area contributed by atoms with Crippen LogP contribution in [0.1, 0.15) is 151 Å². The van der Waals surface area contributed by atoms with Crippen molar-refractivity contribution in [2.45, 2.75) is 253 Å². The first-order valence-electron chi connectivity index (χ1n) is 23.3. The fraction of sp³-hybridized carbons (Fsp3) is 0.765. The number of aryl methyl sites for hydroxylation is 2. The molecule has 0 aliphatic heterocycles. The Bertz CT molecular complexity index is 1220. The lowest BCUT2D eigenvalue weighted by Crippen LogP contribution is -2.47. The van der Waals surface area contributed by atoms with Gasteiger partial charge in [-0.15, -0.1) is 0 Å². The van der Waals surface area contributed by atoms with Crippen LogP contribution in [-0.2, 0) is 0 Å². The molecule has 0 heterocycles. The molecule has 0 fully saturated rings. The standard InChI is InChI=1S/2C12H20Si.C12H28Si.C9H22Si.C6H16Si/c1-10-6-8-12(9-7-10)11(2)13(3,4)5;1-10-7-6-8-12(9-10)11(2)13(3,4)5;1-9(2)13(10(3)4,11(5)6)12(7)8;1-6-10(7-2,8-3)9(4)5;1-6(2)7(3,4)5/h2*6-9,11H,1-5H3;9-12H,1-8H3;9H,6-8H2,1-5H3;6H,1-5H3. The Labute approximate surface area is 362 Å². The molecule has 2 rings (SSSR count). The highest BCUT2D eigenvalue weighted by Crippen LogP contribution is 2.48. The Morgan fingerprint density at radius 3 is 0.893 bits per heavy atom. The van der Waals surface area contributed by atoms with Gasteiger partial charge in [-0.2, -0.15) is 0 Å². The molecule has 0 aliphatic rings. The molecule has 2 aromatic carbocycles. The van der Waals surface area contributed by atoms with Crippen molar-refractivity contribution < 1.29 is 0 Å². The molecule has 0 radical (unpaired) electrons. The zero-order chi connectivity index (χ0) is 45.2. The highest BCUT2D eigenvalue weighted by molar-refractivity contribution is 6.84. The van der Waals surface area contributed by atoms with Crippen molar-refractivity contribution in [1.82, 2.24) is 0 Å². The average molecular weight is 860 g/mol. The first-order valence-corrected chi connectivity index (χ1v) is 39.0. The summed E-state index contributed by atoms with van der Waals surface area (Å²) in [5.74, 6) is 0. The van der Waals surface area contributed by atoms with Crippen molar-refractivity contribution in [2.24, 2.45) is 0 Å². The normalized spacial score (nSPS) is 13.7. The maximum absolute atomic E-state index is 2.44. The molecular formula is C51H106Si5. The van der Waals surface area contributed by atoms with Gasteiger partial charge in [0, 0.05) is 8.07 Å². The lowest BCUT2D eigenvalue weighted by Gasteiger charge is -2.46. The third-order valence-corrected chi connectivity index (χ3v) is 38.8. The zero-order valence-corrected chi connectivity index (χ0v) is 48.9. The summed E-state index contributed by atoms with van der Waals surface area (Å²) >= 11 is 0. The second kappa shape index (κ2) is 26.7. The van der Waals surface area contributed by atoms with Gasteiger partial charge in [0.05, 0.1) is 32.3 Å². The Balaban J connectivity index is -0.000000637. The number of hydrogen-bond acceptors (Lipinski definition) is 0. The van der Waals surface area contributed by atoms with E-state index in [9.17, 15) is 0 Å². The van der Waals surface area contributed by atoms with Crippen LogP contribution in [0.3, 0.4) is 0 Å². The Kier molecular flexibility index (Phi) is 28.5. The van der Waals surface area contributed by atoms with Gasteiger partial charge in [-0.05, 0) is 36.1 Å². The van der Waals surface area contributed by atoms with Crippen LogP contribution in [0.4, 0.5) is 0 Å². The van der Waals surface area contributed by atoms with Gasteiger partial charge in [-0.3, -0.25) is 0 Å². The second-order valence-electron chi connectivity index (χ2n) is 22.7. The maximum Gasteiger partial charge on any atom is 0.0638 e. The summed E-state index contributed by atoms with van der Waals surface area (Å²) in [6, 6.07) is 22.3. The Morgan fingerprint density at radius 1 is 0.375 bits per heavy atom. The molecule has 5 heteroatoms. The molecule has 2 unspecified atom stereocenters. The molecule has 56 heavy (non-hydrogen) atoms. The molecule has 0 saturated heterocycles. The lowest BCUT2D eigenvalue weighted by atomic mass is 10.1. The minimum absolute atomic E-state index is 0.735. The van der Waals surface area contributed by atoms with Gasteiger partial charge >= 0.3 is 0 Å². The van der Waals surface area contributed by atoms with Gasteiger partial charge in [-0.1, -0.05) is 288 Å². The van der Waals surface area contributed by atoms with E-state index in [2.05, 4.69) is 239 Å². The van der Waals surface area contributed by atoms with Gasteiger partial charge in [0.25, 0.3) is 0 Å². The van der Waals surface area contributed by atoms with Gasteiger partial charge in [-0.25, -0.2) is 0 Å². The first kappa shape index (κ1) is 59.8. The van der Waals surface area contributed by atoms with E-state index in [0.29, 0.717) is 0 Å². The van der Waals surface area contributed by atoms with Crippen molar-refractivity contribution in [3.05, 3.63) is 70.8 Å². The molecule has 0 aliphatic carbocycles. The topological polar surface area (TPSA) is 0 Å². The average Bonchev–Trinajstić information content (AvgIpc) is 3.05. The molecule has 2 atom stereocenters. The van der Waals surface area contributed by atoms with Crippen LogP contribution in [0.15, 0.2) is 48.5 Å². The van der Waals surface area contributed by atoms with E-state index in [-0.39, 0.29) is 0 Å². The summed E-state index contributed by atoms with van der Waals surface area (Å²) in [5.41, 5.74) is 12.8. The molecule has 0 aromatic heterocycles. The zero-order valence-electron chi connectivity index (χ0n) is 43.9. The fourth-order valence-corrected chi connectivity index (χ4v) is 23.1. The largest absolute Gasteiger partial charge is 0.0694 e. The molecule has 0 bridgehead atoms. The van der Waals surface area contributed by atoms with Crippen LogP contribution in [0.5, 0.6) is 0 Å². The summed E-state index contributed by atoms with van der Waals surface area (Å²) in [5, 5.41) is 0. The Hall–Kier alpha value is -0.476. The summed E-state index contributed by atoms with van der Waals surface area (Å²) in [6.07, 6.45) is 0. The van der Waals surface area contributed by atoms with Crippen LogP contribution in [0, 0.1) is 13.8 Å². The van der Waals surface area contributed by atoms with E-state index in [1.165, 1.54) is 40.4 Å². The van der Waals surface area contributed by atoms with E-state index in [4.69, 9.17) is 0 Å². The van der Waals surface area contributed by atoms with Crippen LogP contribution >= 0.6 is 0 Å². The van der Waals surface area contributed by atoms with E-state index in [1.807, 2.05) is 0 Å². The van der Waals surface area contributed by atoms with E-state index in [1.54, 1.807) is 0 Å². The smallest absolute Gasteiger partial charge is 0.0638 e. The van der Waals surface area contributed by atoms with Gasteiger partial charge < -0.3 is 0 Å². The predicted octanol–water partition coefficient (Wildman–Crippen LogP) is 19.7. The number of benzene rings is 2. The Morgan fingerprint density at radius 2 is 0.696 bits per heavy atom. The van der Waals surface area contributed by atoms with Gasteiger partial charge in [0.15, 0.2) is 0 Å². The van der Waals surface area contributed by atoms with E-state index in [0.717, 1.165) is 44.3 Å². The number of hydrogen-bond donors (Lipinski definition) is 0. The van der Waals surface area contributed by atoms with E-state index >= 15 is 0 Å². The summed E-state index contributed by atoms with van der Waals surface area (Å²) in [6.45, 7) is 66.9. The fourth-order valence-electron chi connectivity index (χ4n) is 8.77. The van der Waals surface area contributed by atoms with Crippen LogP contribution < -0.4 is 0 Å². The second-order valence-corrected chi connectivity index (χ2v) is 52.4. The molecule has 0 amide bonds. The van der Waals surface area contributed by atoms with Crippen molar-refractivity contribution in [1.29, 1.82) is 0 Å². The minimum Gasteiger partial charge on any atom is -0.0694 e. The monoisotopic (exact) mass is 859 g/mol. The third kappa shape index (κ3) is 20.7. The highest BCUT2D eigenvalue weighted by Gasteiger charge is 2.44. The predicted molar refractivity (Wildman–Crippen MR) is 283 cm³/mol. The number of rotatable bonds is 13. The SMILES string of the molecule is CC(C)[Si](C(C)C)(C(C)C)C(C)C.CC(C)[Si](C)(C)C.CC[Si](CC)(CC)C(C)C.Cc1ccc(C(C)[Si](C)(C)C)cc1.Cc1cccc(C(C)[Si](C)(C)C)c1. The molecule has 0 spiro atoms. The summed E-state index contributed by atoms with van der Waals surface area (Å²) in [7, 11) is -4.68. The quantitative estimate of drug-likeness (QED) is 0.176. The lowest BCUT2D eigenvalue weighted by molar-refractivity contribution is 0.753. The molecule has 2 aromatic rings. The van der Waals surface area contributed by atoms with Crippen molar-refractivity contribution >= 4 is 40.4 Å². The van der Waals surface area contributed by atoms with Crippen LogP contribution in [0.25, 0.3) is 0 Å². The van der Waals surface area contributed by atoms with Crippen molar-refractivity contribution in [3.8, 4) is 0 Å². The summed E-state index contributed by atoms with van der Waals surface area (Å²) < 4.78 is 0. The molecular weight excluding hydrogens is 753 g/mol. The molecule has 0 nitrogen and oxygen atoms in total. The molecule has 0 saturated carbocycles. The minimum atomic E-state index is -1.10. The third-order valence-electron chi connectivity index (χ3n) is 14.8. The van der Waals surface area contributed by atoms with Crippen LogP contribution in [-0.4, -0.2) is 40.4 Å². The maximum atomic E-state index is 2.44. The van der Waals surface area contributed by atoms with Crippen molar-refractivity contribution in [2.75, 3.05) is 0 Å². The van der Waals surface area contributed by atoms with Crippen LogP contribution in [0.2, 0.25) is 110 Å². The molecule has 330 valence electrons. The highest BCUT2D eigenvalue weighted by atomic mass is 28.3. The molecule has 0 N–H and O–H groups in total. The van der Waals surface area contributed by atoms with Gasteiger partial charge in [0.2, 0.25) is 0 Å². The van der Waals surface area contributed by atoms with Crippen molar-refractivity contribution in [3.63, 3.8) is 0 Å². The van der Waals surface area contributed by atoms with E-state index < -0.39 is 40.4 Å². The summed E-state index contributed by atoms with van der Waals surface area (Å²) in [4.78, 5) is 0. The first-order chi connectivity index (χ1) is 25.2. The van der Waals surface area contributed by atoms with Gasteiger partial charge in [0.1, 0.15) is 0 Å².